The molecule has 0 heterocycles. The number of benzene rings is 9. The van der Waals surface area contributed by atoms with Crippen LogP contribution in [0.4, 0.5) is 17.1 Å². The molecule has 0 unspecified atom stereocenters. The van der Waals surface area contributed by atoms with Crippen molar-refractivity contribution in [2.75, 3.05) is 4.90 Å². The maximum atomic E-state index is 2.42. The van der Waals surface area contributed by atoms with Crippen LogP contribution in [0.1, 0.15) is 25.0 Å². The summed E-state index contributed by atoms with van der Waals surface area (Å²) in [5.41, 5.74) is 16.0. The molecular weight excluding hydrogens is 651 g/mol. The van der Waals surface area contributed by atoms with Crippen molar-refractivity contribution in [1.82, 2.24) is 0 Å². The van der Waals surface area contributed by atoms with E-state index in [4.69, 9.17) is 0 Å². The van der Waals surface area contributed by atoms with Gasteiger partial charge < -0.3 is 4.90 Å². The van der Waals surface area contributed by atoms with Gasteiger partial charge in [-0.1, -0.05) is 178 Å². The molecule has 1 aliphatic rings. The van der Waals surface area contributed by atoms with Gasteiger partial charge in [0, 0.05) is 22.4 Å². The molecule has 0 aliphatic heterocycles. The van der Waals surface area contributed by atoms with E-state index in [2.05, 4.69) is 219 Å². The second-order valence-electron chi connectivity index (χ2n) is 14.9. The summed E-state index contributed by atoms with van der Waals surface area (Å²) in [6, 6.07) is 73.3. The van der Waals surface area contributed by atoms with Crippen molar-refractivity contribution in [3.8, 4) is 44.5 Å². The molecule has 10 rings (SSSR count). The highest BCUT2D eigenvalue weighted by Crippen LogP contribution is 2.52. The van der Waals surface area contributed by atoms with Gasteiger partial charge in [0.05, 0.1) is 5.69 Å². The third kappa shape index (κ3) is 5.16. The molecule has 0 N–H and O–H groups in total. The first-order chi connectivity index (χ1) is 26.6. The third-order valence-corrected chi connectivity index (χ3v) is 11.4. The zero-order valence-corrected chi connectivity index (χ0v) is 30.5. The standard InChI is InChI=1S/C53H39N/c1-53(2)50-27-14-13-24-47(50)48-26-15-25-44(52(48)53)37-28-31-41(32-29-37)54(40-19-7-4-8-20-40)51-35-39(30-33-43(51)36-16-5-3-6-17-36)49-34-38-18-9-10-21-42(38)45-22-11-12-23-46(45)49/h3-35H,1-2H3. The van der Waals surface area contributed by atoms with Crippen LogP contribution in [0.15, 0.2) is 200 Å². The fraction of sp³-hybridized carbons (Fsp3) is 0.0566. The summed E-state index contributed by atoms with van der Waals surface area (Å²) in [5, 5.41) is 5.05. The van der Waals surface area contributed by atoms with Crippen LogP contribution in [0.5, 0.6) is 0 Å². The summed E-state index contributed by atoms with van der Waals surface area (Å²) >= 11 is 0. The highest BCUT2D eigenvalue weighted by molar-refractivity contribution is 6.14. The molecule has 54 heavy (non-hydrogen) atoms. The van der Waals surface area contributed by atoms with Crippen molar-refractivity contribution in [3.05, 3.63) is 211 Å². The first-order valence-corrected chi connectivity index (χ1v) is 18.9. The second-order valence-corrected chi connectivity index (χ2v) is 14.9. The first-order valence-electron chi connectivity index (χ1n) is 18.9. The quantitative estimate of drug-likeness (QED) is 0.157. The van der Waals surface area contributed by atoms with E-state index in [0.717, 1.165) is 17.1 Å². The smallest absolute Gasteiger partial charge is 0.0546 e. The van der Waals surface area contributed by atoms with E-state index < -0.39 is 0 Å². The molecule has 0 atom stereocenters. The summed E-state index contributed by atoms with van der Waals surface area (Å²) < 4.78 is 0. The molecule has 0 saturated heterocycles. The van der Waals surface area contributed by atoms with Crippen molar-refractivity contribution in [2.45, 2.75) is 19.3 Å². The summed E-state index contributed by atoms with van der Waals surface area (Å²) in [5.74, 6) is 0. The van der Waals surface area contributed by atoms with Crippen LogP contribution in [0, 0.1) is 0 Å². The predicted octanol–water partition coefficient (Wildman–Crippen LogP) is 14.8. The molecule has 1 heteroatoms. The van der Waals surface area contributed by atoms with Gasteiger partial charge in [-0.3, -0.25) is 0 Å². The summed E-state index contributed by atoms with van der Waals surface area (Å²) in [6.07, 6.45) is 0. The van der Waals surface area contributed by atoms with E-state index in [9.17, 15) is 0 Å². The molecule has 256 valence electrons. The van der Waals surface area contributed by atoms with Crippen LogP contribution >= 0.6 is 0 Å². The molecule has 0 fully saturated rings. The van der Waals surface area contributed by atoms with Gasteiger partial charge in [0.15, 0.2) is 0 Å². The minimum atomic E-state index is -0.0881. The Morgan fingerprint density at radius 2 is 0.926 bits per heavy atom. The lowest BCUT2D eigenvalue weighted by Gasteiger charge is -2.29. The number of para-hydroxylation sites is 1. The Kier molecular flexibility index (Phi) is 7.56. The number of nitrogens with zero attached hydrogens (tertiary/aromatic N) is 1. The van der Waals surface area contributed by atoms with Crippen molar-refractivity contribution in [3.63, 3.8) is 0 Å². The minimum Gasteiger partial charge on any atom is -0.310 e. The minimum absolute atomic E-state index is 0.0881. The topological polar surface area (TPSA) is 3.24 Å². The maximum absolute atomic E-state index is 2.42. The maximum Gasteiger partial charge on any atom is 0.0546 e. The van der Waals surface area contributed by atoms with Gasteiger partial charge in [-0.15, -0.1) is 0 Å². The van der Waals surface area contributed by atoms with Crippen LogP contribution in [0.2, 0.25) is 0 Å². The second kappa shape index (κ2) is 12.8. The van der Waals surface area contributed by atoms with Crippen LogP contribution in [0.25, 0.3) is 66.1 Å². The molecule has 9 aromatic rings. The molecule has 0 radical (unpaired) electrons. The van der Waals surface area contributed by atoms with Crippen LogP contribution in [-0.2, 0) is 5.41 Å². The molecule has 0 amide bonds. The number of hydrogen-bond donors (Lipinski definition) is 0. The van der Waals surface area contributed by atoms with Crippen LogP contribution in [0.3, 0.4) is 0 Å². The van der Waals surface area contributed by atoms with E-state index >= 15 is 0 Å². The number of hydrogen-bond acceptors (Lipinski definition) is 1. The molecule has 0 aromatic heterocycles. The largest absolute Gasteiger partial charge is 0.310 e. The lowest BCUT2D eigenvalue weighted by Crippen LogP contribution is -2.16. The molecule has 9 aromatic carbocycles. The lowest BCUT2D eigenvalue weighted by molar-refractivity contribution is 0.662. The third-order valence-electron chi connectivity index (χ3n) is 11.4. The van der Waals surface area contributed by atoms with Crippen molar-refractivity contribution in [1.29, 1.82) is 0 Å². The Bertz CT molecular complexity index is 2830. The van der Waals surface area contributed by atoms with E-state index in [1.54, 1.807) is 0 Å². The Labute approximate surface area is 317 Å². The van der Waals surface area contributed by atoms with Gasteiger partial charge in [0.2, 0.25) is 0 Å². The monoisotopic (exact) mass is 689 g/mol. The lowest BCUT2D eigenvalue weighted by atomic mass is 9.79. The molecule has 1 aliphatic carbocycles. The average Bonchev–Trinajstić information content (AvgIpc) is 3.47. The van der Waals surface area contributed by atoms with Gasteiger partial charge in [-0.25, -0.2) is 0 Å². The fourth-order valence-electron chi connectivity index (χ4n) is 8.92. The van der Waals surface area contributed by atoms with Crippen molar-refractivity contribution < 1.29 is 0 Å². The summed E-state index contributed by atoms with van der Waals surface area (Å²) in [6.45, 7) is 4.73. The molecule has 0 bridgehead atoms. The number of rotatable bonds is 6. The first kappa shape index (κ1) is 32.0. The Hall–Kier alpha value is -6.70. The van der Waals surface area contributed by atoms with Crippen LogP contribution in [-0.4, -0.2) is 0 Å². The Morgan fingerprint density at radius 3 is 1.72 bits per heavy atom. The average molecular weight is 690 g/mol. The number of fused-ring (bicyclic) bond motifs is 6. The van der Waals surface area contributed by atoms with E-state index in [0.29, 0.717) is 0 Å². The highest BCUT2D eigenvalue weighted by Gasteiger charge is 2.37. The van der Waals surface area contributed by atoms with Gasteiger partial charge in [0.25, 0.3) is 0 Å². The van der Waals surface area contributed by atoms with E-state index in [1.807, 2.05) is 0 Å². The van der Waals surface area contributed by atoms with Gasteiger partial charge in [-0.2, -0.15) is 0 Å². The van der Waals surface area contributed by atoms with E-state index in [-0.39, 0.29) is 5.41 Å². The Morgan fingerprint density at radius 1 is 0.352 bits per heavy atom. The van der Waals surface area contributed by atoms with Crippen molar-refractivity contribution >= 4 is 38.6 Å². The summed E-state index contributed by atoms with van der Waals surface area (Å²) in [7, 11) is 0. The molecule has 0 saturated carbocycles. The SMILES string of the molecule is CC1(C)c2ccccc2-c2cccc(-c3ccc(N(c4ccccc4)c4cc(-c5cc6ccccc6c6ccccc56)ccc4-c4ccccc4)cc3)c21. The van der Waals surface area contributed by atoms with Gasteiger partial charge >= 0.3 is 0 Å². The molecular formula is C53H39N. The van der Waals surface area contributed by atoms with Crippen LogP contribution < -0.4 is 4.90 Å². The zero-order chi connectivity index (χ0) is 36.2. The normalized spacial score (nSPS) is 12.8. The van der Waals surface area contributed by atoms with Gasteiger partial charge in [0.1, 0.15) is 0 Å². The van der Waals surface area contributed by atoms with E-state index in [1.165, 1.54) is 77.2 Å². The fourth-order valence-corrected chi connectivity index (χ4v) is 8.92. The molecule has 1 nitrogen and oxygen atoms in total. The predicted molar refractivity (Wildman–Crippen MR) is 230 cm³/mol. The molecule has 0 spiro atoms. The van der Waals surface area contributed by atoms with Gasteiger partial charge in [-0.05, 0) is 108 Å². The van der Waals surface area contributed by atoms with Crippen molar-refractivity contribution in [2.24, 2.45) is 0 Å². The number of anilines is 3. The Balaban J connectivity index is 1.16. The highest BCUT2D eigenvalue weighted by atomic mass is 15.1. The zero-order valence-electron chi connectivity index (χ0n) is 30.5. The summed E-state index contributed by atoms with van der Waals surface area (Å²) in [4.78, 5) is 2.42.